The lowest BCUT2D eigenvalue weighted by atomic mass is 10.2. The number of carbonyl (C=O) groups excluding carboxylic acids is 1. The number of aldehydes is 1. The molecule has 0 aromatic carbocycles. The number of aromatic nitrogens is 1. The Balaban J connectivity index is 3.20. The molecule has 1 aromatic rings. The number of anilines is 1. The summed E-state index contributed by atoms with van der Waals surface area (Å²) in [7, 11) is 1.45. The van der Waals surface area contributed by atoms with Gasteiger partial charge in [-0.15, -0.1) is 0 Å². The molecule has 0 amide bonds. The molecule has 11 heavy (non-hydrogen) atoms. The zero-order chi connectivity index (χ0) is 8.27. The van der Waals surface area contributed by atoms with Crippen molar-refractivity contribution in [3.8, 4) is 5.88 Å². The second-order valence-electron chi connectivity index (χ2n) is 1.94. The van der Waals surface area contributed by atoms with Gasteiger partial charge in [-0.05, 0) is 6.07 Å². The van der Waals surface area contributed by atoms with Crippen LogP contribution >= 0.6 is 0 Å². The molecule has 0 saturated carbocycles. The number of rotatable bonds is 2. The predicted molar refractivity (Wildman–Crippen MR) is 40.6 cm³/mol. The summed E-state index contributed by atoms with van der Waals surface area (Å²) in [5.41, 5.74) is 6.17. The Bertz CT molecular complexity index is 273. The molecular formula is C7H8N2O2. The van der Waals surface area contributed by atoms with Gasteiger partial charge in [-0.2, -0.15) is 0 Å². The van der Waals surface area contributed by atoms with Crippen LogP contribution in [0.25, 0.3) is 0 Å². The van der Waals surface area contributed by atoms with E-state index in [2.05, 4.69) is 4.98 Å². The van der Waals surface area contributed by atoms with Crippen molar-refractivity contribution in [2.75, 3.05) is 12.8 Å². The van der Waals surface area contributed by atoms with Crippen LogP contribution in [0, 0.1) is 0 Å². The van der Waals surface area contributed by atoms with E-state index in [0.717, 1.165) is 0 Å². The van der Waals surface area contributed by atoms with Gasteiger partial charge in [0.1, 0.15) is 5.69 Å². The lowest BCUT2D eigenvalue weighted by Gasteiger charge is -2.02. The Kier molecular flexibility index (Phi) is 2.06. The maximum absolute atomic E-state index is 10.3. The highest BCUT2D eigenvalue weighted by atomic mass is 16.5. The molecule has 4 heteroatoms. The molecule has 0 spiro atoms. The number of carbonyl (C=O) groups is 1. The zero-order valence-electron chi connectivity index (χ0n) is 6.07. The number of pyridine rings is 1. The van der Waals surface area contributed by atoms with Crippen LogP contribution in [0.2, 0.25) is 0 Å². The van der Waals surface area contributed by atoms with Crippen LogP contribution in [0.5, 0.6) is 5.88 Å². The largest absolute Gasteiger partial charge is 0.480 e. The van der Waals surface area contributed by atoms with Gasteiger partial charge < -0.3 is 10.5 Å². The minimum atomic E-state index is 0.282. The Morgan fingerprint density at radius 2 is 2.45 bits per heavy atom. The summed E-state index contributed by atoms with van der Waals surface area (Å²) in [5, 5.41) is 0. The van der Waals surface area contributed by atoms with Gasteiger partial charge in [0, 0.05) is 11.8 Å². The molecule has 0 aliphatic heterocycles. The molecule has 1 aromatic heterocycles. The first kappa shape index (κ1) is 7.53. The van der Waals surface area contributed by atoms with E-state index in [4.69, 9.17) is 10.5 Å². The van der Waals surface area contributed by atoms with E-state index in [0.29, 0.717) is 11.8 Å². The molecule has 0 aliphatic carbocycles. The van der Waals surface area contributed by atoms with Gasteiger partial charge in [-0.1, -0.05) is 0 Å². The number of hydrogen-bond acceptors (Lipinski definition) is 4. The fourth-order valence-corrected chi connectivity index (χ4v) is 0.733. The minimum absolute atomic E-state index is 0.282. The summed E-state index contributed by atoms with van der Waals surface area (Å²) in [6, 6.07) is 1.53. The SMILES string of the molecule is COc1nccc(C=O)c1N. The molecule has 1 heterocycles. The second-order valence-corrected chi connectivity index (χ2v) is 1.94. The van der Waals surface area contributed by atoms with Crippen LogP contribution < -0.4 is 10.5 Å². The average molecular weight is 152 g/mol. The first-order chi connectivity index (χ1) is 5.29. The van der Waals surface area contributed by atoms with Crippen molar-refractivity contribution in [1.29, 1.82) is 0 Å². The number of ether oxygens (including phenoxy) is 1. The maximum Gasteiger partial charge on any atom is 0.237 e. The fourth-order valence-electron chi connectivity index (χ4n) is 0.733. The molecule has 0 aliphatic rings. The van der Waals surface area contributed by atoms with E-state index in [1.54, 1.807) is 0 Å². The number of nitrogens with two attached hydrogens (primary N) is 1. The normalized spacial score (nSPS) is 9.18. The Morgan fingerprint density at radius 3 is 3.00 bits per heavy atom. The third-order valence-electron chi connectivity index (χ3n) is 1.31. The van der Waals surface area contributed by atoms with Gasteiger partial charge in [0.05, 0.1) is 7.11 Å². The number of hydrogen-bond donors (Lipinski definition) is 1. The monoisotopic (exact) mass is 152 g/mol. The zero-order valence-corrected chi connectivity index (χ0v) is 6.07. The summed E-state index contributed by atoms with van der Waals surface area (Å²) < 4.78 is 4.79. The molecule has 0 unspecified atom stereocenters. The van der Waals surface area contributed by atoms with Crippen LogP contribution in [0.4, 0.5) is 5.69 Å². The molecule has 4 nitrogen and oxygen atoms in total. The first-order valence-corrected chi connectivity index (χ1v) is 3.03. The van der Waals surface area contributed by atoms with Crippen molar-refractivity contribution < 1.29 is 9.53 Å². The molecule has 0 saturated heterocycles. The summed E-state index contributed by atoms with van der Waals surface area (Å²) in [5.74, 6) is 0.287. The number of methoxy groups -OCH3 is 1. The average Bonchev–Trinajstić information content (AvgIpc) is 2.05. The second kappa shape index (κ2) is 3.01. The molecule has 2 N–H and O–H groups in total. The lowest BCUT2D eigenvalue weighted by molar-refractivity contribution is 0.112. The summed E-state index contributed by atoms with van der Waals surface area (Å²) in [4.78, 5) is 14.1. The van der Waals surface area contributed by atoms with Gasteiger partial charge in [0.25, 0.3) is 0 Å². The first-order valence-electron chi connectivity index (χ1n) is 3.03. The van der Waals surface area contributed by atoms with Crippen LogP contribution in [-0.2, 0) is 0 Å². The van der Waals surface area contributed by atoms with Gasteiger partial charge in [0.15, 0.2) is 6.29 Å². The summed E-state index contributed by atoms with van der Waals surface area (Å²) in [6.07, 6.45) is 2.14. The third kappa shape index (κ3) is 1.29. The predicted octanol–water partition coefficient (Wildman–Crippen LogP) is 0.485. The Labute approximate surface area is 64.0 Å². The van der Waals surface area contributed by atoms with Gasteiger partial charge >= 0.3 is 0 Å². The smallest absolute Gasteiger partial charge is 0.237 e. The Hall–Kier alpha value is -1.58. The molecule has 0 atom stereocenters. The van der Waals surface area contributed by atoms with Crippen molar-refractivity contribution >= 4 is 12.0 Å². The molecule has 1 rings (SSSR count). The van der Waals surface area contributed by atoms with Crippen molar-refractivity contribution in [1.82, 2.24) is 4.98 Å². The lowest BCUT2D eigenvalue weighted by Crippen LogP contribution is -1.98. The fraction of sp³-hybridized carbons (Fsp3) is 0.143. The summed E-state index contributed by atoms with van der Waals surface area (Å²) >= 11 is 0. The van der Waals surface area contributed by atoms with E-state index < -0.39 is 0 Å². The van der Waals surface area contributed by atoms with Gasteiger partial charge in [-0.25, -0.2) is 4.98 Å². The highest BCUT2D eigenvalue weighted by Crippen LogP contribution is 2.19. The topological polar surface area (TPSA) is 65.2 Å². The van der Waals surface area contributed by atoms with E-state index in [9.17, 15) is 4.79 Å². The highest BCUT2D eigenvalue weighted by molar-refractivity contribution is 5.84. The van der Waals surface area contributed by atoms with Crippen molar-refractivity contribution in [2.45, 2.75) is 0 Å². The van der Waals surface area contributed by atoms with Crippen LogP contribution in [0.3, 0.4) is 0 Å². The highest BCUT2D eigenvalue weighted by Gasteiger charge is 2.03. The molecule has 0 fully saturated rings. The van der Waals surface area contributed by atoms with E-state index in [-0.39, 0.29) is 11.6 Å². The van der Waals surface area contributed by atoms with Crippen molar-refractivity contribution in [3.05, 3.63) is 17.8 Å². The standard InChI is InChI=1S/C7H8N2O2/c1-11-7-6(8)5(4-10)2-3-9-7/h2-4H,8H2,1H3. The number of nitrogen functional groups attached to an aromatic ring is 1. The summed E-state index contributed by atoms with van der Waals surface area (Å²) in [6.45, 7) is 0. The van der Waals surface area contributed by atoms with Crippen LogP contribution in [0.15, 0.2) is 12.3 Å². The van der Waals surface area contributed by atoms with Gasteiger partial charge in [-0.3, -0.25) is 4.79 Å². The quantitative estimate of drug-likeness (QED) is 0.626. The molecule has 0 bridgehead atoms. The van der Waals surface area contributed by atoms with E-state index in [1.165, 1.54) is 19.4 Å². The Morgan fingerprint density at radius 1 is 1.73 bits per heavy atom. The van der Waals surface area contributed by atoms with E-state index >= 15 is 0 Å². The maximum atomic E-state index is 10.3. The van der Waals surface area contributed by atoms with Crippen molar-refractivity contribution in [3.63, 3.8) is 0 Å². The minimum Gasteiger partial charge on any atom is -0.480 e. The van der Waals surface area contributed by atoms with Gasteiger partial charge in [0.2, 0.25) is 5.88 Å². The van der Waals surface area contributed by atoms with Crippen LogP contribution in [0.1, 0.15) is 10.4 Å². The molecular weight excluding hydrogens is 144 g/mol. The van der Waals surface area contributed by atoms with Crippen molar-refractivity contribution in [2.24, 2.45) is 0 Å². The molecule has 0 radical (unpaired) electrons. The third-order valence-corrected chi connectivity index (χ3v) is 1.31. The van der Waals surface area contributed by atoms with E-state index in [1.807, 2.05) is 0 Å². The molecule has 58 valence electrons. The number of nitrogens with zero attached hydrogens (tertiary/aromatic N) is 1. The van der Waals surface area contributed by atoms with Crippen LogP contribution in [-0.4, -0.2) is 18.4 Å².